The van der Waals surface area contributed by atoms with Crippen LogP contribution in [0.4, 0.5) is 5.69 Å². The standard InChI is InChI=1S/C21H19N5O2S/c1-12-8-13(2)17(14(3)9-12)24-16(27)10-26-11-23-19-18(15-4-6-22-7-5-15)25-29-20(19)21(26)28/h4-9,11H,10H2,1-3H3,(H,24,27). The molecule has 0 radical (unpaired) electrons. The predicted molar refractivity (Wildman–Crippen MR) is 114 cm³/mol. The van der Waals surface area contributed by atoms with Crippen molar-refractivity contribution in [2.45, 2.75) is 27.3 Å². The number of nitrogens with one attached hydrogen (secondary N) is 1. The predicted octanol–water partition coefficient (Wildman–Crippen LogP) is 3.48. The normalized spacial score (nSPS) is 11.0. The summed E-state index contributed by atoms with van der Waals surface area (Å²) in [6.07, 6.45) is 4.74. The van der Waals surface area contributed by atoms with E-state index in [-0.39, 0.29) is 18.0 Å². The van der Waals surface area contributed by atoms with E-state index >= 15 is 0 Å². The Morgan fingerprint density at radius 1 is 1.14 bits per heavy atom. The first-order chi connectivity index (χ1) is 13.9. The molecule has 4 rings (SSSR count). The minimum atomic E-state index is -0.277. The second-order valence-electron chi connectivity index (χ2n) is 6.94. The van der Waals surface area contributed by atoms with Gasteiger partial charge < -0.3 is 5.32 Å². The number of aryl methyl sites for hydroxylation is 3. The maximum absolute atomic E-state index is 12.8. The van der Waals surface area contributed by atoms with Crippen molar-refractivity contribution in [1.82, 2.24) is 18.9 Å². The average molecular weight is 405 g/mol. The number of carbonyl (C=O) groups excluding carboxylic acids is 1. The third-order valence-electron chi connectivity index (χ3n) is 4.66. The maximum atomic E-state index is 12.8. The Morgan fingerprint density at radius 2 is 1.83 bits per heavy atom. The molecule has 0 atom stereocenters. The number of amides is 1. The van der Waals surface area contributed by atoms with Crippen molar-refractivity contribution in [2.24, 2.45) is 0 Å². The number of fused-ring (bicyclic) bond motifs is 1. The molecular weight excluding hydrogens is 386 g/mol. The Kier molecular flexibility index (Phi) is 4.94. The van der Waals surface area contributed by atoms with Gasteiger partial charge in [0, 0.05) is 23.6 Å². The fourth-order valence-electron chi connectivity index (χ4n) is 3.38. The monoisotopic (exact) mass is 405 g/mol. The van der Waals surface area contributed by atoms with Gasteiger partial charge in [-0.05, 0) is 55.6 Å². The second kappa shape index (κ2) is 7.56. The fraction of sp³-hybridized carbons (Fsp3) is 0.190. The van der Waals surface area contributed by atoms with E-state index in [1.54, 1.807) is 12.4 Å². The Balaban J connectivity index is 1.62. The molecule has 0 aliphatic rings. The molecular formula is C21H19N5O2S. The van der Waals surface area contributed by atoms with Crippen LogP contribution in [0.5, 0.6) is 0 Å². The number of benzene rings is 1. The lowest BCUT2D eigenvalue weighted by molar-refractivity contribution is -0.116. The summed E-state index contributed by atoms with van der Waals surface area (Å²) in [6.45, 7) is 5.80. The Labute approximate surface area is 171 Å². The summed E-state index contributed by atoms with van der Waals surface area (Å²) in [5.74, 6) is -0.276. The summed E-state index contributed by atoms with van der Waals surface area (Å²) >= 11 is 1.09. The van der Waals surface area contributed by atoms with Crippen LogP contribution in [-0.2, 0) is 11.3 Å². The molecule has 1 aromatic carbocycles. The lowest BCUT2D eigenvalue weighted by Gasteiger charge is -2.13. The van der Waals surface area contributed by atoms with E-state index in [0.29, 0.717) is 15.9 Å². The van der Waals surface area contributed by atoms with Crippen molar-refractivity contribution >= 4 is 33.3 Å². The Morgan fingerprint density at radius 3 is 2.52 bits per heavy atom. The molecule has 7 nitrogen and oxygen atoms in total. The number of anilines is 1. The molecule has 0 fully saturated rings. The van der Waals surface area contributed by atoms with Gasteiger partial charge in [-0.2, -0.15) is 4.37 Å². The average Bonchev–Trinajstić information content (AvgIpc) is 3.12. The van der Waals surface area contributed by atoms with E-state index in [1.807, 2.05) is 45.0 Å². The van der Waals surface area contributed by atoms with Gasteiger partial charge in [0.25, 0.3) is 5.56 Å². The lowest BCUT2D eigenvalue weighted by atomic mass is 10.1. The zero-order chi connectivity index (χ0) is 20.5. The van der Waals surface area contributed by atoms with Gasteiger partial charge in [0.2, 0.25) is 5.91 Å². The van der Waals surface area contributed by atoms with E-state index in [0.717, 1.165) is 39.5 Å². The minimum absolute atomic E-state index is 0.114. The number of hydrogen-bond acceptors (Lipinski definition) is 6. The SMILES string of the molecule is Cc1cc(C)c(NC(=O)Cn2cnc3c(-c4ccncc4)nsc3c2=O)c(C)c1. The molecule has 29 heavy (non-hydrogen) atoms. The van der Waals surface area contributed by atoms with Gasteiger partial charge in [-0.25, -0.2) is 4.98 Å². The quantitative estimate of drug-likeness (QED) is 0.561. The third-order valence-corrected chi connectivity index (χ3v) is 5.48. The summed E-state index contributed by atoms with van der Waals surface area (Å²) in [5.41, 5.74) is 5.64. The molecule has 3 aromatic heterocycles. The van der Waals surface area contributed by atoms with E-state index in [1.165, 1.54) is 10.9 Å². The summed E-state index contributed by atoms with van der Waals surface area (Å²) < 4.78 is 6.12. The number of pyridine rings is 1. The van der Waals surface area contributed by atoms with Gasteiger partial charge in [-0.15, -0.1) is 0 Å². The zero-order valence-electron chi connectivity index (χ0n) is 16.3. The molecule has 0 aliphatic heterocycles. The molecule has 0 spiro atoms. The minimum Gasteiger partial charge on any atom is -0.324 e. The van der Waals surface area contributed by atoms with E-state index < -0.39 is 0 Å². The number of carbonyl (C=O) groups is 1. The number of hydrogen-bond donors (Lipinski definition) is 1. The topological polar surface area (TPSA) is 89.8 Å². The summed E-state index contributed by atoms with van der Waals surface area (Å²) in [4.78, 5) is 33.8. The molecule has 4 aromatic rings. The van der Waals surface area contributed by atoms with Gasteiger partial charge in [0.15, 0.2) is 0 Å². The first-order valence-corrected chi connectivity index (χ1v) is 9.84. The van der Waals surface area contributed by atoms with Gasteiger partial charge >= 0.3 is 0 Å². The summed E-state index contributed by atoms with van der Waals surface area (Å²) in [7, 11) is 0. The van der Waals surface area contributed by atoms with Crippen molar-refractivity contribution in [1.29, 1.82) is 0 Å². The van der Waals surface area contributed by atoms with E-state index in [2.05, 4.69) is 19.7 Å². The Hall–Kier alpha value is -3.39. The molecule has 0 aliphatic carbocycles. The van der Waals surface area contributed by atoms with Crippen LogP contribution < -0.4 is 10.9 Å². The fourth-order valence-corrected chi connectivity index (χ4v) is 4.18. The van der Waals surface area contributed by atoms with Crippen LogP contribution in [0.15, 0.2) is 47.8 Å². The second-order valence-corrected chi connectivity index (χ2v) is 7.72. The molecule has 146 valence electrons. The van der Waals surface area contributed by atoms with Crippen LogP contribution in [0.2, 0.25) is 0 Å². The van der Waals surface area contributed by atoms with Crippen LogP contribution in [0.3, 0.4) is 0 Å². The summed E-state index contributed by atoms with van der Waals surface area (Å²) in [6, 6.07) is 7.67. The van der Waals surface area contributed by atoms with E-state index in [9.17, 15) is 9.59 Å². The van der Waals surface area contributed by atoms with Crippen LogP contribution in [0.25, 0.3) is 21.5 Å². The van der Waals surface area contributed by atoms with Crippen LogP contribution in [0.1, 0.15) is 16.7 Å². The van der Waals surface area contributed by atoms with Crippen LogP contribution in [0, 0.1) is 20.8 Å². The highest BCUT2D eigenvalue weighted by Gasteiger charge is 2.16. The zero-order valence-corrected chi connectivity index (χ0v) is 17.1. The van der Waals surface area contributed by atoms with Gasteiger partial charge in [0.05, 0.1) is 6.33 Å². The first kappa shape index (κ1) is 18.9. The largest absolute Gasteiger partial charge is 0.324 e. The number of nitrogens with zero attached hydrogens (tertiary/aromatic N) is 4. The number of aromatic nitrogens is 4. The molecule has 0 saturated heterocycles. The highest BCUT2D eigenvalue weighted by atomic mass is 32.1. The van der Waals surface area contributed by atoms with Crippen molar-refractivity contribution in [3.8, 4) is 11.3 Å². The van der Waals surface area contributed by atoms with E-state index in [4.69, 9.17) is 0 Å². The molecule has 8 heteroatoms. The molecule has 1 N–H and O–H groups in total. The van der Waals surface area contributed by atoms with Crippen molar-refractivity contribution in [3.63, 3.8) is 0 Å². The molecule has 0 bridgehead atoms. The van der Waals surface area contributed by atoms with Gasteiger partial charge in [-0.1, -0.05) is 17.7 Å². The summed E-state index contributed by atoms with van der Waals surface area (Å²) in [5, 5.41) is 2.91. The smallest absolute Gasteiger partial charge is 0.273 e. The van der Waals surface area contributed by atoms with Crippen molar-refractivity contribution in [2.75, 3.05) is 5.32 Å². The maximum Gasteiger partial charge on any atom is 0.273 e. The molecule has 1 amide bonds. The highest BCUT2D eigenvalue weighted by molar-refractivity contribution is 7.13. The van der Waals surface area contributed by atoms with Gasteiger partial charge in [0.1, 0.15) is 22.5 Å². The van der Waals surface area contributed by atoms with Crippen molar-refractivity contribution in [3.05, 3.63) is 70.0 Å². The van der Waals surface area contributed by atoms with Crippen molar-refractivity contribution < 1.29 is 4.79 Å². The lowest BCUT2D eigenvalue weighted by Crippen LogP contribution is -2.27. The molecule has 0 saturated carbocycles. The molecule has 3 heterocycles. The first-order valence-electron chi connectivity index (χ1n) is 9.07. The molecule has 0 unspecified atom stereocenters. The van der Waals surface area contributed by atoms with Crippen LogP contribution >= 0.6 is 11.5 Å². The Bertz CT molecular complexity index is 1250. The third kappa shape index (κ3) is 3.66. The number of rotatable bonds is 4. The highest BCUT2D eigenvalue weighted by Crippen LogP contribution is 2.26. The van der Waals surface area contributed by atoms with Crippen LogP contribution in [-0.4, -0.2) is 24.8 Å². The van der Waals surface area contributed by atoms with Gasteiger partial charge in [-0.3, -0.25) is 19.1 Å².